The molecule has 2 aliphatic rings. The Labute approximate surface area is 114 Å². The minimum atomic E-state index is -0.821. The number of carboxylic acids is 1. The highest BCUT2D eigenvalue weighted by molar-refractivity contribution is 5.83. The summed E-state index contributed by atoms with van der Waals surface area (Å²) < 4.78 is 0. The maximum absolute atomic E-state index is 12.3. The van der Waals surface area contributed by atoms with Gasteiger partial charge in [-0.3, -0.25) is 9.59 Å². The topological polar surface area (TPSA) is 78.4 Å². The Morgan fingerprint density at radius 2 is 1.89 bits per heavy atom. The highest BCUT2D eigenvalue weighted by Gasteiger charge is 2.37. The van der Waals surface area contributed by atoms with E-state index in [4.69, 9.17) is 5.11 Å². The lowest BCUT2D eigenvalue weighted by atomic mass is 9.79. The first-order valence-corrected chi connectivity index (χ1v) is 7.39. The molecule has 1 amide bonds. The van der Waals surface area contributed by atoms with Crippen LogP contribution in [0.4, 0.5) is 0 Å². The van der Waals surface area contributed by atoms with Gasteiger partial charge in [-0.15, -0.1) is 0 Å². The largest absolute Gasteiger partial charge is 0.481 e. The van der Waals surface area contributed by atoms with Gasteiger partial charge in [0.2, 0.25) is 5.91 Å². The van der Waals surface area contributed by atoms with Crippen molar-refractivity contribution in [2.45, 2.75) is 69.4 Å². The predicted octanol–water partition coefficient (Wildman–Crippen LogP) is 1.42. The number of hydrogen-bond donors (Lipinski definition) is 3. The van der Waals surface area contributed by atoms with Crippen LogP contribution in [0.2, 0.25) is 0 Å². The molecule has 1 heterocycles. The summed E-state index contributed by atoms with van der Waals surface area (Å²) in [7, 11) is 0. The van der Waals surface area contributed by atoms with E-state index in [0.29, 0.717) is 0 Å². The molecule has 19 heavy (non-hydrogen) atoms. The van der Waals surface area contributed by atoms with Crippen molar-refractivity contribution < 1.29 is 14.7 Å². The van der Waals surface area contributed by atoms with Gasteiger partial charge in [-0.05, 0) is 32.2 Å². The number of aliphatic carboxylic acids is 1. The molecule has 0 aromatic carbocycles. The highest BCUT2D eigenvalue weighted by atomic mass is 16.4. The molecule has 0 radical (unpaired) electrons. The van der Waals surface area contributed by atoms with Crippen molar-refractivity contribution in [3.63, 3.8) is 0 Å². The monoisotopic (exact) mass is 268 g/mol. The van der Waals surface area contributed by atoms with Crippen molar-refractivity contribution in [3.8, 4) is 0 Å². The van der Waals surface area contributed by atoms with E-state index >= 15 is 0 Å². The van der Waals surface area contributed by atoms with Crippen LogP contribution in [0.1, 0.15) is 57.8 Å². The third kappa shape index (κ3) is 3.93. The van der Waals surface area contributed by atoms with E-state index in [9.17, 15) is 9.59 Å². The average Bonchev–Trinajstić information content (AvgIpc) is 2.39. The fourth-order valence-electron chi connectivity index (χ4n) is 3.29. The van der Waals surface area contributed by atoms with Crippen LogP contribution < -0.4 is 10.6 Å². The standard InChI is InChI=1S/C14H24N2O3/c17-12(18)10-14(7-3-1-4-8-14)16-13(19)11-6-2-5-9-15-11/h11,15H,1-10H2,(H,16,19)(H,17,18)/t11-/m1/s1. The maximum atomic E-state index is 12.3. The average molecular weight is 268 g/mol. The van der Waals surface area contributed by atoms with Gasteiger partial charge in [-0.2, -0.15) is 0 Å². The zero-order valence-electron chi connectivity index (χ0n) is 11.4. The molecular formula is C14H24N2O3. The van der Waals surface area contributed by atoms with Crippen molar-refractivity contribution in [2.75, 3.05) is 6.54 Å². The predicted molar refractivity (Wildman–Crippen MR) is 71.9 cm³/mol. The molecule has 1 aliphatic heterocycles. The number of nitrogens with one attached hydrogen (secondary N) is 2. The van der Waals surface area contributed by atoms with Crippen LogP contribution in [0.3, 0.4) is 0 Å². The highest BCUT2D eigenvalue weighted by Crippen LogP contribution is 2.31. The van der Waals surface area contributed by atoms with Gasteiger partial charge in [0.25, 0.3) is 0 Å². The molecule has 5 nitrogen and oxygen atoms in total. The molecule has 0 aromatic heterocycles. The second-order valence-electron chi connectivity index (χ2n) is 5.90. The number of hydrogen-bond acceptors (Lipinski definition) is 3. The second-order valence-corrected chi connectivity index (χ2v) is 5.90. The number of carbonyl (C=O) groups excluding carboxylic acids is 1. The zero-order valence-corrected chi connectivity index (χ0v) is 11.4. The third-order valence-corrected chi connectivity index (χ3v) is 4.32. The lowest BCUT2D eigenvalue weighted by molar-refractivity contribution is -0.139. The summed E-state index contributed by atoms with van der Waals surface area (Å²) >= 11 is 0. The Morgan fingerprint density at radius 3 is 2.47 bits per heavy atom. The van der Waals surface area contributed by atoms with Gasteiger partial charge in [0, 0.05) is 0 Å². The van der Waals surface area contributed by atoms with Crippen molar-refractivity contribution in [2.24, 2.45) is 0 Å². The third-order valence-electron chi connectivity index (χ3n) is 4.32. The molecule has 0 bridgehead atoms. The normalized spacial score (nSPS) is 26.6. The molecular weight excluding hydrogens is 244 g/mol. The minimum absolute atomic E-state index is 0.0112. The van der Waals surface area contributed by atoms with Crippen molar-refractivity contribution >= 4 is 11.9 Å². The summed E-state index contributed by atoms with van der Waals surface area (Å²) in [6.45, 7) is 0.879. The van der Waals surface area contributed by atoms with Gasteiger partial charge in [-0.1, -0.05) is 25.7 Å². The summed E-state index contributed by atoms with van der Waals surface area (Å²) in [5, 5.41) is 15.4. The summed E-state index contributed by atoms with van der Waals surface area (Å²) in [6.07, 6.45) is 7.81. The molecule has 0 spiro atoms. The molecule has 1 saturated carbocycles. The number of amides is 1. The van der Waals surface area contributed by atoms with Crippen LogP contribution in [0.5, 0.6) is 0 Å². The van der Waals surface area contributed by atoms with Gasteiger partial charge < -0.3 is 15.7 Å². The van der Waals surface area contributed by atoms with E-state index in [0.717, 1.165) is 57.9 Å². The smallest absolute Gasteiger partial charge is 0.305 e. The molecule has 2 fully saturated rings. The zero-order chi connectivity index (χ0) is 13.7. The Balaban J connectivity index is 1.98. The molecule has 1 aliphatic carbocycles. The lowest BCUT2D eigenvalue weighted by Gasteiger charge is -2.38. The molecule has 5 heteroatoms. The molecule has 3 N–H and O–H groups in total. The van der Waals surface area contributed by atoms with Crippen LogP contribution >= 0.6 is 0 Å². The molecule has 0 aromatic rings. The Bertz CT molecular complexity index is 332. The molecule has 2 rings (SSSR count). The van der Waals surface area contributed by atoms with Crippen molar-refractivity contribution in [1.82, 2.24) is 10.6 Å². The van der Waals surface area contributed by atoms with Crippen LogP contribution in [-0.4, -0.2) is 35.1 Å². The van der Waals surface area contributed by atoms with Crippen molar-refractivity contribution in [1.29, 1.82) is 0 Å². The molecule has 0 unspecified atom stereocenters. The number of carboxylic acid groups (broad SMARTS) is 1. The number of piperidine rings is 1. The van der Waals surface area contributed by atoms with Gasteiger partial charge >= 0.3 is 5.97 Å². The van der Waals surface area contributed by atoms with Crippen LogP contribution in [-0.2, 0) is 9.59 Å². The van der Waals surface area contributed by atoms with Crippen molar-refractivity contribution in [3.05, 3.63) is 0 Å². The first-order valence-electron chi connectivity index (χ1n) is 7.39. The van der Waals surface area contributed by atoms with E-state index in [1.807, 2.05) is 0 Å². The first-order chi connectivity index (χ1) is 9.11. The minimum Gasteiger partial charge on any atom is -0.481 e. The van der Waals surface area contributed by atoms with Crippen LogP contribution in [0.25, 0.3) is 0 Å². The number of carbonyl (C=O) groups is 2. The second kappa shape index (κ2) is 6.37. The van der Waals surface area contributed by atoms with Gasteiger partial charge in [0.05, 0.1) is 18.0 Å². The summed E-state index contributed by atoms with van der Waals surface area (Å²) in [5.41, 5.74) is -0.514. The van der Waals surface area contributed by atoms with E-state index in [1.165, 1.54) is 0 Å². The van der Waals surface area contributed by atoms with Gasteiger partial charge in [0.15, 0.2) is 0 Å². The summed E-state index contributed by atoms with van der Waals surface area (Å²) in [4.78, 5) is 23.4. The number of rotatable bonds is 4. The van der Waals surface area contributed by atoms with E-state index < -0.39 is 11.5 Å². The Kier molecular flexibility index (Phi) is 4.80. The van der Waals surface area contributed by atoms with Crippen LogP contribution in [0.15, 0.2) is 0 Å². The SMILES string of the molecule is O=C(O)CC1(NC(=O)[C@H]2CCCCN2)CCCCC1. The summed E-state index contributed by atoms with van der Waals surface area (Å²) in [6, 6.07) is -0.138. The first kappa shape index (κ1) is 14.3. The molecule has 108 valence electrons. The van der Waals surface area contributed by atoms with E-state index in [1.54, 1.807) is 0 Å². The van der Waals surface area contributed by atoms with Crippen LogP contribution in [0, 0.1) is 0 Å². The maximum Gasteiger partial charge on any atom is 0.305 e. The Hall–Kier alpha value is -1.10. The summed E-state index contributed by atoms with van der Waals surface area (Å²) in [5.74, 6) is -0.832. The van der Waals surface area contributed by atoms with Gasteiger partial charge in [-0.25, -0.2) is 0 Å². The fourth-order valence-corrected chi connectivity index (χ4v) is 3.29. The quantitative estimate of drug-likeness (QED) is 0.720. The molecule has 1 saturated heterocycles. The van der Waals surface area contributed by atoms with E-state index in [2.05, 4.69) is 10.6 Å². The molecule has 1 atom stereocenters. The lowest BCUT2D eigenvalue weighted by Crippen LogP contribution is -2.57. The fraction of sp³-hybridized carbons (Fsp3) is 0.857. The van der Waals surface area contributed by atoms with Gasteiger partial charge in [0.1, 0.15) is 0 Å². The van der Waals surface area contributed by atoms with E-state index in [-0.39, 0.29) is 18.4 Å². The Morgan fingerprint density at radius 1 is 1.16 bits per heavy atom.